The number of carbonyl (C=O) groups is 1. The van der Waals surface area contributed by atoms with Gasteiger partial charge >= 0.3 is 0 Å². The van der Waals surface area contributed by atoms with Crippen molar-refractivity contribution in [2.24, 2.45) is 0 Å². The van der Waals surface area contributed by atoms with Gasteiger partial charge in [-0.15, -0.1) is 0 Å². The second-order valence-electron chi connectivity index (χ2n) is 10.1. The lowest BCUT2D eigenvalue weighted by Crippen LogP contribution is -2.50. The molecule has 0 saturated carbocycles. The van der Waals surface area contributed by atoms with Gasteiger partial charge in [0.1, 0.15) is 12.0 Å². The number of likely N-dealkylation sites (tertiary alicyclic amines) is 1. The first kappa shape index (κ1) is 23.6. The predicted molar refractivity (Wildman–Crippen MR) is 132 cm³/mol. The number of morpholine rings is 1. The van der Waals surface area contributed by atoms with Crippen LogP contribution in [0.4, 0.5) is 0 Å². The number of hydrogen-bond acceptors (Lipinski definition) is 5. The minimum atomic E-state index is 0.0134. The molecule has 6 nitrogen and oxygen atoms in total. The summed E-state index contributed by atoms with van der Waals surface area (Å²) in [6, 6.07) is 9.13. The normalized spacial score (nSPS) is 18.7. The Labute approximate surface area is 197 Å². The summed E-state index contributed by atoms with van der Waals surface area (Å²) in [6.45, 7) is 13.8. The van der Waals surface area contributed by atoms with E-state index in [-0.39, 0.29) is 11.3 Å². The molecule has 0 bridgehead atoms. The van der Waals surface area contributed by atoms with Gasteiger partial charge in [0.15, 0.2) is 0 Å². The van der Waals surface area contributed by atoms with Gasteiger partial charge in [-0.25, -0.2) is 9.97 Å². The fourth-order valence-corrected chi connectivity index (χ4v) is 4.64. The summed E-state index contributed by atoms with van der Waals surface area (Å²) in [5, 5.41) is 0. The highest BCUT2D eigenvalue weighted by atomic mass is 16.5. The smallest absolute Gasteiger partial charge is 0.272 e. The van der Waals surface area contributed by atoms with Gasteiger partial charge in [0.25, 0.3) is 5.91 Å². The molecule has 2 aliphatic heterocycles. The van der Waals surface area contributed by atoms with Crippen LogP contribution < -0.4 is 0 Å². The molecule has 0 radical (unpaired) electrons. The summed E-state index contributed by atoms with van der Waals surface area (Å²) in [4.78, 5) is 26.5. The van der Waals surface area contributed by atoms with Crippen molar-refractivity contribution < 1.29 is 9.53 Å². The Morgan fingerprint density at radius 3 is 2.30 bits per heavy atom. The van der Waals surface area contributed by atoms with Gasteiger partial charge in [-0.2, -0.15) is 0 Å². The Hall–Kier alpha value is -2.57. The molecule has 2 aromatic rings. The molecule has 3 heterocycles. The first-order valence-electron chi connectivity index (χ1n) is 12.0. The number of piperidine rings is 1. The molecule has 1 aromatic carbocycles. The molecule has 0 atom stereocenters. The van der Waals surface area contributed by atoms with E-state index in [2.05, 4.69) is 59.9 Å². The fraction of sp³-hybridized carbons (Fsp3) is 0.519. The van der Waals surface area contributed by atoms with E-state index in [4.69, 9.17) is 4.74 Å². The van der Waals surface area contributed by atoms with Crippen LogP contribution in [0, 0.1) is 6.92 Å². The van der Waals surface area contributed by atoms with Gasteiger partial charge in [-0.3, -0.25) is 9.69 Å². The molecule has 33 heavy (non-hydrogen) atoms. The van der Waals surface area contributed by atoms with Crippen molar-refractivity contribution in [2.45, 2.75) is 52.0 Å². The van der Waals surface area contributed by atoms with Crippen molar-refractivity contribution >= 4 is 18.1 Å². The van der Waals surface area contributed by atoms with Gasteiger partial charge in [-0.05, 0) is 42.4 Å². The molecule has 2 aliphatic rings. The number of rotatable bonds is 4. The lowest BCUT2D eigenvalue weighted by atomic mass is 9.87. The summed E-state index contributed by atoms with van der Waals surface area (Å²) in [5.74, 6) is 0.0134. The molecule has 176 valence electrons. The van der Waals surface area contributed by atoms with Crippen LogP contribution in [-0.4, -0.2) is 71.1 Å². The Morgan fingerprint density at radius 1 is 1.00 bits per heavy atom. The second-order valence-corrected chi connectivity index (χ2v) is 10.1. The zero-order valence-corrected chi connectivity index (χ0v) is 20.4. The van der Waals surface area contributed by atoms with Crippen LogP contribution in [0.2, 0.25) is 0 Å². The van der Waals surface area contributed by atoms with Crippen molar-refractivity contribution in [3.05, 3.63) is 58.7 Å². The Balaban J connectivity index is 1.41. The molecule has 4 rings (SSSR count). The Bertz CT molecular complexity index is 980. The van der Waals surface area contributed by atoms with Crippen molar-refractivity contribution in [2.75, 3.05) is 39.4 Å². The third-order valence-corrected chi connectivity index (χ3v) is 6.85. The van der Waals surface area contributed by atoms with Crippen molar-refractivity contribution in [1.82, 2.24) is 19.8 Å². The molecule has 6 heteroatoms. The van der Waals surface area contributed by atoms with Crippen molar-refractivity contribution in [1.29, 1.82) is 0 Å². The number of amides is 1. The molecule has 0 N–H and O–H groups in total. The van der Waals surface area contributed by atoms with E-state index >= 15 is 0 Å². The quantitative estimate of drug-likeness (QED) is 0.702. The molecular weight excluding hydrogens is 412 g/mol. The van der Waals surface area contributed by atoms with Crippen LogP contribution in [0.3, 0.4) is 0 Å². The van der Waals surface area contributed by atoms with Crippen molar-refractivity contribution in [3.8, 4) is 0 Å². The summed E-state index contributed by atoms with van der Waals surface area (Å²) in [6.07, 6.45) is 7.54. The average Bonchev–Trinajstić information content (AvgIpc) is 2.83. The number of benzene rings is 1. The average molecular weight is 449 g/mol. The van der Waals surface area contributed by atoms with E-state index < -0.39 is 0 Å². The minimum absolute atomic E-state index is 0.0134. The van der Waals surface area contributed by atoms with Gasteiger partial charge in [-0.1, -0.05) is 51.1 Å². The maximum Gasteiger partial charge on any atom is 0.272 e. The van der Waals surface area contributed by atoms with Crippen LogP contribution >= 0.6 is 0 Å². The summed E-state index contributed by atoms with van der Waals surface area (Å²) >= 11 is 0. The SMILES string of the molecule is Cc1c(/C=C/c2ccc(C(C)(C)C)cc2)ncnc1C(=O)N1CCC(N2CCOCC2)CC1. The first-order valence-corrected chi connectivity index (χ1v) is 12.0. The van der Waals surface area contributed by atoms with Gasteiger partial charge < -0.3 is 9.64 Å². The van der Waals surface area contributed by atoms with Crippen LogP contribution in [0.25, 0.3) is 12.2 Å². The summed E-state index contributed by atoms with van der Waals surface area (Å²) < 4.78 is 5.47. The number of hydrogen-bond donors (Lipinski definition) is 0. The second kappa shape index (κ2) is 10.1. The summed E-state index contributed by atoms with van der Waals surface area (Å²) in [7, 11) is 0. The highest BCUT2D eigenvalue weighted by Crippen LogP contribution is 2.24. The molecule has 0 unspecified atom stereocenters. The standard InChI is InChI=1S/C27H36N4O2/c1-20-24(10-7-21-5-8-22(9-6-21)27(2,3)4)28-19-29-25(20)26(32)31-13-11-23(12-14-31)30-15-17-33-18-16-30/h5-10,19,23H,11-18H2,1-4H3/b10-7+. The van der Waals surface area contributed by atoms with Crippen molar-refractivity contribution in [3.63, 3.8) is 0 Å². The Morgan fingerprint density at radius 2 is 1.67 bits per heavy atom. The molecule has 0 aliphatic carbocycles. The third kappa shape index (κ3) is 5.68. The zero-order valence-electron chi connectivity index (χ0n) is 20.4. The molecule has 1 aromatic heterocycles. The predicted octanol–water partition coefficient (Wildman–Crippen LogP) is 4.19. The lowest BCUT2D eigenvalue weighted by Gasteiger charge is -2.40. The number of ether oxygens (including phenoxy) is 1. The number of aromatic nitrogens is 2. The molecule has 2 saturated heterocycles. The monoisotopic (exact) mass is 448 g/mol. The van der Waals surface area contributed by atoms with Crippen LogP contribution in [0.15, 0.2) is 30.6 Å². The third-order valence-electron chi connectivity index (χ3n) is 6.85. The molecule has 2 fully saturated rings. The Kier molecular flexibility index (Phi) is 7.25. The molecule has 0 spiro atoms. The summed E-state index contributed by atoms with van der Waals surface area (Å²) in [5.41, 5.74) is 4.69. The first-order chi connectivity index (χ1) is 15.8. The van der Waals surface area contributed by atoms with E-state index in [0.717, 1.165) is 69.1 Å². The van der Waals surface area contributed by atoms with Gasteiger partial charge in [0, 0.05) is 37.8 Å². The topological polar surface area (TPSA) is 58.6 Å². The highest BCUT2D eigenvalue weighted by molar-refractivity contribution is 5.94. The van der Waals surface area contributed by atoms with E-state index in [1.807, 2.05) is 24.0 Å². The van der Waals surface area contributed by atoms with E-state index in [0.29, 0.717) is 11.7 Å². The maximum absolute atomic E-state index is 13.2. The van der Waals surface area contributed by atoms with Gasteiger partial charge in [0.05, 0.1) is 18.9 Å². The van der Waals surface area contributed by atoms with Crippen LogP contribution in [0.5, 0.6) is 0 Å². The number of carbonyl (C=O) groups excluding carboxylic acids is 1. The van der Waals surface area contributed by atoms with E-state index in [1.54, 1.807) is 0 Å². The van der Waals surface area contributed by atoms with E-state index in [1.165, 1.54) is 11.9 Å². The maximum atomic E-state index is 13.2. The van der Waals surface area contributed by atoms with E-state index in [9.17, 15) is 4.79 Å². The van der Waals surface area contributed by atoms with Crippen LogP contribution in [0.1, 0.15) is 66.5 Å². The zero-order chi connectivity index (χ0) is 23.4. The largest absolute Gasteiger partial charge is 0.379 e. The fourth-order valence-electron chi connectivity index (χ4n) is 4.64. The minimum Gasteiger partial charge on any atom is -0.379 e. The van der Waals surface area contributed by atoms with Crippen LogP contribution in [-0.2, 0) is 10.2 Å². The lowest BCUT2D eigenvalue weighted by molar-refractivity contribution is 0.00151. The van der Waals surface area contributed by atoms with Gasteiger partial charge in [0.2, 0.25) is 0 Å². The number of nitrogens with zero attached hydrogens (tertiary/aromatic N) is 4. The molecule has 1 amide bonds. The highest BCUT2D eigenvalue weighted by Gasteiger charge is 2.29. The molecular formula is C27H36N4O2.